The van der Waals surface area contributed by atoms with E-state index in [4.69, 9.17) is 0 Å². The van der Waals surface area contributed by atoms with Gasteiger partial charge in [-0.25, -0.2) is 4.98 Å². The van der Waals surface area contributed by atoms with E-state index in [0.717, 1.165) is 23.3 Å². The molecule has 2 aromatic rings. The lowest BCUT2D eigenvalue weighted by Gasteiger charge is -2.27. The number of aromatic nitrogens is 1. The number of nitrogens with one attached hydrogen (secondary N) is 2. The Labute approximate surface area is 129 Å². The number of hydrogen-bond acceptors (Lipinski definition) is 4. The number of nitrogens with zero attached hydrogens (tertiary/aromatic N) is 1. The summed E-state index contributed by atoms with van der Waals surface area (Å²) in [4.78, 5) is 16.6. The zero-order valence-corrected chi connectivity index (χ0v) is 13.1. The van der Waals surface area contributed by atoms with Crippen molar-refractivity contribution in [3.63, 3.8) is 0 Å². The summed E-state index contributed by atoms with van der Waals surface area (Å²) in [5.41, 5.74) is 0.948. The van der Waals surface area contributed by atoms with Crippen molar-refractivity contribution in [3.8, 4) is 0 Å². The highest BCUT2D eigenvalue weighted by Gasteiger charge is 2.22. The van der Waals surface area contributed by atoms with E-state index in [0.29, 0.717) is 23.4 Å². The molecule has 1 amide bonds. The van der Waals surface area contributed by atoms with Crippen LogP contribution in [0.3, 0.4) is 0 Å². The van der Waals surface area contributed by atoms with Crippen LogP contribution in [-0.4, -0.2) is 24.0 Å². The highest BCUT2D eigenvalue weighted by molar-refractivity contribution is 7.22. The smallest absolute Gasteiger partial charge is 0.226 e. The fraction of sp³-hybridized carbons (Fsp3) is 0.500. The average molecular weight is 303 g/mol. The maximum atomic E-state index is 12.2. The highest BCUT2D eigenvalue weighted by Crippen LogP contribution is 2.27. The van der Waals surface area contributed by atoms with Gasteiger partial charge >= 0.3 is 0 Å². The number of carbonyl (C=O) groups excluding carboxylic acids is 1. The molecule has 5 heteroatoms. The van der Waals surface area contributed by atoms with Crippen LogP contribution in [0, 0.1) is 11.8 Å². The van der Waals surface area contributed by atoms with Crippen LogP contribution >= 0.6 is 11.3 Å². The summed E-state index contributed by atoms with van der Waals surface area (Å²) in [5, 5.41) is 7.03. The molecule has 0 spiro atoms. The Hall–Kier alpha value is -1.46. The van der Waals surface area contributed by atoms with Crippen molar-refractivity contribution < 1.29 is 4.79 Å². The van der Waals surface area contributed by atoms with Crippen molar-refractivity contribution in [2.45, 2.75) is 26.2 Å². The minimum atomic E-state index is 0.0834. The van der Waals surface area contributed by atoms with E-state index in [1.165, 1.54) is 24.2 Å². The van der Waals surface area contributed by atoms with Gasteiger partial charge in [-0.15, -0.1) is 0 Å². The van der Waals surface area contributed by atoms with Crippen LogP contribution in [0.15, 0.2) is 24.3 Å². The summed E-state index contributed by atoms with van der Waals surface area (Å²) >= 11 is 1.54. The monoisotopic (exact) mass is 303 g/mol. The van der Waals surface area contributed by atoms with E-state index < -0.39 is 0 Å². The number of para-hydroxylation sites is 1. The van der Waals surface area contributed by atoms with E-state index in [9.17, 15) is 4.79 Å². The van der Waals surface area contributed by atoms with Crippen LogP contribution in [0.4, 0.5) is 5.13 Å². The Kier molecular flexibility index (Phi) is 4.51. The number of benzene rings is 1. The van der Waals surface area contributed by atoms with E-state index in [1.807, 2.05) is 24.3 Å². The van der Waals surface area contributed by atoms with Crippen LogP contribution in [-0.2, 0) is 4.79 Å². The topological polar surface area (TPSA) is 54.0 Å². The van der Waals surface area contributed by atoms with Gasteiger partial charge in [-0.05, 0) is 49.9 Å². The second-order valence-electron chi connectivity index (χ2n) is 5.80. The van der Waals surface area contributed by atoms with Gasteiger partial charge in [0.2, 0.25) is 5.91 Å². The molecule has 1 aliphatic heterocycles. The maximum absolute atomic E-state index is 12.2. The van der Waals surface area contributed by atoms with Crippen LogP contribution < -0.4 is 10.6 Å². The Bertz CT molecular complexity index is 586. The molecule has 1 atom stereocenters. The summed E-state index contributed by atoms with van der Waals surface area (Å²) in [6.45, 7) is 4.34. The molecule has 0 aliphatic carbocycles. The minimum absolute atomic E-state index is 0.0834. The van der Waals surface area contributed by atoms with E-state index >= 15 is 0 Å². The fourth-order valence-electron chi connectivity index (χ4n) is 2.97. The molecule has 21 heavy (non-hydrogen) atoms. The first-order valence-corrected chi connectivity index (χ1v) is 8.40. The molecule has 2 heterocycles. The van der Waals surface area contributed by atoms with E-state index in [-0.39, 0.29) is 5.91 Å². The lowest BCUT2D eigenvalue weighted by molar-refractivity contribution is -0.117. The molecule has 112 valence electrons. The van der Waals surface area contributed by atoms with E-state index in [1.54, 1.807) is 0 Å². The molecule has 1 fully saturated rings. The van der Waals surface area contributed by atoms with Gasteiger partial charge < -0.3 is 10.6 Å². The van der Waals surface area contributed by atoms with Gasteiger partial charge in [-0.2, -0.15) is 0 Å². The quantitative estimate of drug-likeness (QED) is 0.911. The minimum Gasteiger partial charge on any atom is -0.317 e. The summed E-state index contributed by atoms with van der Waals surface area (Å²) in [7, 11) is 0. The summed E-state index contributed by atoms with van der Waals surface area (Å²) < 4.78 is 1.11. The molecule has 1 saturated heterocycles. The van der Waals surface area contributed by atoms with Crippen LogP contribution in [0.5, 0.6) is 0 Å². The van der Waals surface area contributed by atoms with Gasteiger partial charge in [0, 0.05) is 6.42 Å². The molecule has 0 radical (unpaired) electrons. The summed E-state index contributed by atoms with van der Waals surface area (Å²) in [5.74, 6) is 1.17. The third-order valence-corrected chi connectivity index (χ3v) is 5.19. The summed E-state index contributed by atoms with van der Waals surface area (Å²) in [6, 6.07) is 7.96. The Balaban J connectivity index is 1.58. The SMILES string of the molecule is CC(CC(=O)Nc1nc2ccccc2s1)C1CCNCC1. The molecule has 2 N–H and O–H groups in total. The molecule has 1 aromatic carbocycles. The molecule has 4 nitrogen and oxygen atoms in total. The third kappa shape index (κ3) is 3.60. The van der Waals surface area contributed by atoms with Crippen molar-refractivity contribution >= 4 is 32.6 Å². The lowest BCUT2D eigenvalue weighted by Crippen LogP contribution is -2.32. The van der Waals surface area contributed by atoms with Crippen molar-refractivity contribution in [2.24, 2.45) is 11.8 Å². The lowest BCUT2D eigenvalue weighted by atomic mass is 9.84. The van der Waals surface area contributed by atoms with Gasteiger partial charge in [0.25, 0.3) is 0 Å². The average Bonchev–Trinajstić information content (AvgIpc) is 2.90. The molecule has 0 saturated carbocycles. The second kappa shape index (κ2) is 6.54. The number of fused-ring (bicyclic) bond motifs is 1. The van der Waals surface area contributed by atoms with Gasteiger partial charge in [-0.3, -0.25) is 4.79 Å². The first kappa shape index (κ1) is 14.5. The molecular weight excluding hydrogens is 282 g/mol. The Morgan fingerprint density at radius 3 is 2.95 bits per heavy atom. The predicted octanol–water partition coefficient (Wildman–Crippen LogP) is 3.26. The van der Waals surface area contributed by atoms with Crippen LogP contribution in [0.1, 0.15) is 26.2 Å². The van der Waals surface area contributed by atoms with Crippen molar-refractivity contribution in [2.75, 3.05) is 18.4 Å². The standard InChI is InChI=1S/C16H21N3OS/c1-11(12-6-8-17-9-7-12)10-15(20)19-16-18-13-4-2-3-5-14(13)21-16/h2-5,11-12,17H,6-10H2,1H3,(H,18,19,20). The number of hydrogen-bond donors (Lipinski definition) is 2. The molecule has 0 bridgehead atoms. The first-order chi connectivity index (χ1) is 10.2. The largest absolute Gasteiger partial charge is 0.317 e. The van der Waals surface area contributed by atoms with Crippen molar-refractivity contribution in [3.05, 3.63) is 24.3 Å². The van der Waals surface area contributed by atoms with Gasteiger partial charge in [0.05, 0.1) is 10.2 Å². The van der Waals surface area contributed by atoms with Gasteiger partial charge in [0.1, 0.15) is 0 Å². The summed E-state index contributed by atoms with van der Waals surface area (Å²) in [6.07, 6.45) is 2.94. The maximum Gasteiger partial charge on any atom is 0.226 e. The number of anilines is 1. The predicted molar refractivity (Wildman–Crippen MR) is 87.6 cm³/mol. The number of piperidine rings is 1. The van der Waals surface area contributed by atoms with Crippen molar-refractivity contribution in [1.82, 2.24) is 10.3 Å². The zero-order valence-electron chi connectivity index (χ0n) is 12.3. The Morgan fingerprint density at radius 1 is 1.43 bits per heavy atom. The molecule has 1 unspecified atom stereocenters. The van der Waals surface area contributed by atoms with Gasteiger partial charge in [0.15, 0.2) is 5.13 Å². The molecule has 1 aliphatic rings. The number of rotatable bonds is 4. The van der Waals surface area contributed by atoms with Crippen LogP contribution in [0.2, 0.25) is 0 Å². The Morgan fingerprint density at radius 2 is 2.19 bits per heavy atom. The fourth-order valence-corrected chi connectivity index (χ4v) is 3.85. The highest BCUT2D eigenvalue weighted by atomic mass is 32.1. The molecular formula is C16H21N3OS. The zero-order chi connectivity index (χ0) is 14.7. The molecule has 3 rings (SSSR count). The van der Waals surface area contributed by atoms with E-state index in [2.05, 4.69) is 22.5 Å². The first-order valence-electron chi connectivity index (χ1n) is 7.58. The van der Waals surface area contributed by atoms with Gasteiger partial charge in [-0.1, -0.05) is 30.4 Å². The number of carbonyl (C=O) groups is 1. The number of thiazole rings is 1. The number of amides is 1. The van der Waals surface area contributed by atoms with Crippen molar-refractivity contribution in [1.29, 1.82) is 0 Å². The normalized spacial score (nSPS) is 17.8. The second-order valence-corrected chi connectivity index (χ2v) is 6.83. The third-order valence-electron chi connectivity index (χ3n) is 4.24. The molecule has 1 aromatic heterocycles. The van der Waals surface area contributed by atoms with Crippen LogP contribution in [0.25, 0.3) is 10.2 Å².